The van der Waals surface area contributed by atoms with Gasteiger partial charge in [0, 0.05) is 12.5 Å². The Morgan fingerprint density at radius 2 is 1.91 bits per heavy atom. The number of aromatic hydroxyl groups is 1. The fourth-order valence-corrected chi connectivity index (χ4v) is 3.77. The smallest absolute Gasteiger partial charge is 0.200 e. The molecule has 4 rings (SSSR count). The SMILES string of the molecule is COc1cc(/C=C2/C(CCC(=O)Cc3ccno3)=Cc3cc(F)ccc32)cc(OC)c1O. The van der Waals surface area contributed by atoms with E-state index in [1.54, 1.807) is 24.3 Å². The standard InChI is InChI=1S/C25H22FNO5/c1-30-23-10-15(11-24(31-2)25(23)29)9-22-16(12-17-13-18(26)4-6-21(17)22)3-5-19(28)14-20-7-8-27-32-20/h4,6-13,29H,3,5,14H2,1-2H3/b22-9-. The molecule has 0 atom stereocenters. The van der Waals surface area contributed by atoms with E-state index < -0.39 is 0 Å². The minimum Gasteiger partial charge on any atom is -0.502 e. The van der Waals surface area contributed by atoms with Crippen molar-refractivity contribution in [3.05, 3.63) is 76.4 Å². The minimum absolute atomic E-state index is 0.0251. The number of benzene rings is 2. The van der Waals surface area contributed by atoms with Crippen molar-refractivity contribution in [2.75, 3.05) is 14.2 Å². The molecular formula is C25H22FNO5. The summed E-state index contributed by atoms with van der Waals surface area (Å²) in [6.45, 7) is 0. The van der Waals surface area contributed by atoms with Crippen molar-refractivity contribution in [1.29, 1.82) is 0 Å². The fraction of sp³-hybridized carbons (Fsp3) is 0.200. The number of fused-ring (bicyclic) bond motifs is 1. The van der Waals surface area contributed by atoms with Crippen molar-refractivity contribution in [2.24, 2.45) is 0 Å². The molecule has 3 aromatic rings. The highest BCUT2D eigenvalue weighted by Crippen LogP contribution is 2.42. The van der Waals surface area contributed by atoms with E-state index in [0.717, 1.165) is 27.8 Å². The van der Waals surface area contributed by atoms with Gasteiger partial charge in [-0.2, -0.15) is 0 Å². The third kappa shape index (κ3) is 4.42. The van der Waals surface area contributed by atoms with Gasteiger partial charge >= 0.3 is 0 Å². The summed E-state index contributed by atoms with van der Waals surface area (Å²) in [5, 5.41) is 13.8. The van der Waals surface area contributed by atoms with Gasteiger partial charge in [-0.3, -0.25) is 4.79 Å². The van der Waals surface area contributed by atoms with Gasteiger partial charge in [-0.1, -0.05) is 17.3 Å². The van der Waals surface area contributed by atoms with E-state index >= 15 is 0 Å². The highest BCUT2D eigenvalue weighted by atomic mass is 19.1. The normalized spacial score (nSPS) is 13.7. The van der Waals surface area contributed by atoms with Crippen molar-refractivity contribution in [1.82, 2.24) is 5.16 Å². The Morgan fingerprint density at radius 3 is 2.56 bits per heavy atom. The van der Waals surface area contributed by atoms with Crippen LogP contribution in [-0.2, 0) is 11.2 Å². The largest absolute Gasteiger partial charge is 0.502 e. The highest BCUT2D eigenvalue weighted by Gasteiger charge is 2.21. The molecule has 1 heterocycles. The van der Waals surface area contributed by atoms with Crippen LogP contribution in [0.5, 0.6) is 17.2 Å². The van der Waals surface area contributed by atoms with E-state index in [4.69, 9.17) is 14.0 Å². The van der Waals surface area contributed by atoms with Gasteiger partial charge < -0.3 is 19.1 Å². The molecule has 0 spiro atoms. The van der Waals surface area contributed by atoms with Gasteiger partial charge in [0.05, 0.1) is 26.8 Å². The lowest BCUT2D eigenvalue weighted by molar-refractivity contribution is -0.118. The Kier molecular flexibility index (Phi) is 6.07. The molecule has 32 heavy (non-hydrogen) atoms. The van der Waals surface area contributed by atoms with Crippen LogP contribution in [0.25, 0.3) is 17.7 Å². The predicted octanol–water partition coefficient (Wildman–Crippen LogP) is 5.07. The third-order valence-electron chi connectivity index (χ3n) is 5.33. The lowest BCUT2D eigenvalue weighted by Crippen LogP contribution is -2.02. The number of carbonyl (C=O) groups excluding carboxylic acids is 1. The first-order valence-corrected chi connectivity index (χ1v) is 10.1. The molecule has 0 unspecified atom stereocenters. The molecule has 0 fully saturated rings. The summed E-state index contributed by atoms with van der Waals surface area (Å²) in [4.78, 5) is 12.4. The Hall–Kier alpha value is -3.87. The quantitative estimate of drug-likeness (QED) is 0.532. The number of Topliss-reactive ketones (excluding diaryl/α,β-unsaturated/α-hetero) is 1. The number of methoxy groups -OCH3 is 2. The maximum atomic E-state index is 13.8. The van der Waals surface area contributed by atoms with Crippen LogP contribution in [0.3, 0.4) is 0 Å². The number of aromatic nitrogens is 1. The molecule has 1 aliphatic rings. The van der Waals surface area contributed by atoms with Crippen LogP contribution in [0.2, 0.25) is 0 Å². The molecule has 0 bridgehead atoms. The average molecular weight is 435 g/mol. The molecule has 7 heteroatoms. The van der Waals surface area contributed by atoms with Crippen LogP contribution >= 0.6 is 0 Å². The maximum absolute atomic E-state index is 13.8. The van der Waals surface area contributed by atoms with Gasteiger partial charge in [-0.15, -0.1) is 0 Å². The topological polar surface area (TPSA) is 81.8 Å². The van der Waals surface area contributed by atoms with Crippen molar-refractivity contribution >= 4 is 23.5 Å². The molecule has 2 aromatic carbocycles. The van der Waals surface area contributed by atoms with E-state index in [1.807, 2.05) is 12.2 Å². The zero-order valence-corrected chi connectivity index (χ0v) is 17.7. The van der Waals surface area contributed by atoms with E-state index in [1.165, 1.54) is 32.5 Å². The Bertz CT molecular complexity index is 1190. The Morgan fingerprint density at radius 1 is 1.16 bits per heavy atom. The lowest BCUT2D eigenvalue weighted by atomic mass is 9.96. The van der Waals surface area contributed by atoms with Crippen molar-refractivity contribution in [3.63, 3.8) is 0 Å². The van der Waals surface area contributed by atoms with E-state index in [2.05, 4.69) is 5.16 Å². The highest BCUT2D eigenvalue weighted by molar-refractivity contribution is 6.02. The van der Waals surface area contributed by atoms with Crippen molar-refractivity contribution in [2.45, 2.75) is 19.3 Å². The molecule has 0 saturated heterocycles. The minimum atomic E-state index is -0.324. The van der Waals surface area contributed by atoms with Gasteiger partial charge in [0.15, 0.2) is 11.5 Å². The van der Waals surface area contributed by atoms with Crippen LogP contribution < -0.4 is 9.47 Å². The number of carbonyl (C=O) groups is 1. The first kappa shape index (κ1) is 21.4. The summed E-state index contributed by atoms with van der Waals surface area (Å²) in [6.07, 6.45) is 6.31. The summed E-state index contributed by atoms with van der Waals surface area (Å²) in [5.41, 5.74) is 4.16. The predicted molar refractivity (Wildman–Crippen MR) is 118 cm³/mol. The number of ketones is 1. The van der Waals surface area contributed by atoms with Crippen LogP contribution in [-0.4, -0.2) is 30.3 Å². The number of hydrogen-bond acceptors (Lipinski definition) is 6. The number of halogens is 1. The van der Waals surface area contributed by atoms with E-state index in [9.17, 15) is 14.3 Å². The van der Waals surface area contributed by atoms with Gasteiger partial charge in [0.1, 0.15) is 17.4 Å². The van der Waals surface area contributed by atoms with Crippen LogP contribution in [0.1, 0.15) is 35.3 Å². The number of hydrogen-bond donors (Lipinski definition) is 1. The Balaban J connectivity index is 1.65. The van der Waals surface area contributed by atoms with E-state index in [0.29, 0.717) is 18.6 Å². The van der Waals surface area contributed by atoms with Crippen molar-refractivity contribution < 1.29 is 28.3 Å². The Labute approximate surface area is 184 Å². The summed E-state index contributed by atoms with van der Waals surface area (Å²) in [6, 6.07) is 9.67. The summed E-state index contributed by atoms with van der Waals surface area (Å²) >= 11 is 0. The van der Waals surface area contributed by atoms with Crippen LogP contribution in [0, 0.1) is 5.82 Å². The van der Waals surface area contributed by atoms with Gasteiger partial charge in [-0.25, -0.2) is 4.39 Å². The number of rotatable bonds is 8. The van der Waals surface area contributed by atoms with Gasteiger partial charge in [0.25, 0.3) is 0 Å². The molecule has 0 aliphatic heterocycles. The molecule has 0 amide bonds. The number of phenols is 1. The summed E-state index contributed by atoms with van der Waals surface area (Å²) < 4.78 is 29.3. The average Bonchev–Trinajstić information content (AvgIpc) is 3.40. The zero-order valence-electron chi connectivity index (χ0n) is 17.7. The number of allylic oxidation sites excluding steroid dienone is 2. The second-order valence-corrected chi connectivity index (χ2v) is 7.43. The summed E-state index contributed by atoms with van der Waals surface area (Å²) in [7, 11) is 2.93. The van der Waals surface area contributed by atoms with Crippen molar-refractivity contribution in [3.8, 4) is 17.2 Å². The molecule has 1 aliphatic carbocycles. The lowest BCUT2D eigenvalue weighted by Gasteiger charge is -2.12. The number of phenolic OH excluding ortho intramolecular Hbond substituents is 1. The first-order chi connectivity index (χ1) is 15.5. The third-order valence-corrected chi connectivity index (χ3v) is 5.33. The number of ether oxygens (including phenoxy) is 2. The molecule has 164 valence electrons. The second kappa shape index (κ2) is 9.09. The maximum Gasteiger partial charge on any atom is 0.200 e. The second-order valence-electron chi connectivity index (χ2n) is 7.43. The molecule has 6 nitrogen and oxygen atoms in total. The van der Waals surface area contributed by atoms with Crippen LogP contribution in [0.4, 0.5) is 4.39 Å². The van der Waals surface area contributed by atoms with Gasteiger partial charge in [0.2, 0.25) is 5.75 Å². The molecular weight excluding hydrogens is 413 g/mol. The molecule has 0 radical (unpaired) electrons. The number of nitrogens with zero attached hydrogens (tertiary/aromatic N) is 1. The first-order valence-electron chi connectivity index (χ1n) is 10.1. The molecule has 1 N–H and O–H groups in total. The van der Waals surface area contributed by atoms with Crippen LogP contribution in [0.15, 0.2) is 52.7 Å². The molecule has 0 saturated carbocycles. The fourth-order valence-electron chi connectivity index (χ4n) is 3.77. The van der Waals surface area contributed by atoms with E-state index in [-0.39, 0.29) is 35.3 Å². The monoisotopic (exact) mass is 435 g/mol. The zero-order chi connectivity index (χ0) is 22.7. The summed E-state index contributed by atoms with van der Waals surface area (Å²) in [5.74, 6) is 0.703. The molecule has 1 aromatic heterocycles. The van der Waals surface area contributed by atoms with Gasteiger partial charge in [-0.05, 0) is 64.6 Å².